The summed E-state index contributed by atoms with van der Waals surface area (Å²) < 4.78 is 0. The van der Waals surface area contributed by atoms with Gasteiger partial charge in [0.05, 0.1) is 12.5 Å². The average molecular weight is 241 g/mol. The minimum absolute atomic E-state index is 0.138. The zero-order chi connectivity index (χ0) is 12.3. The molecule has 2 aliphatic rings. The van der Waals surface area contributed by atoms with Crippen molar-refractivity contribution in [2.75, 3.05) is 13.2 Å². The monoisotopic (exact) mass is 241 g/mol. The molecule has 2 aliphatic carbocycles. The molecule has 0 aliphatic heterocycles. The second-order valence-corrected chi connectivity index (χ2v) is 5.34. The topological polar surface area (TPSA) is 60.8 Å². The van der Waals surface area contributed by atoms with E-state index in [0.29, 0.717) is 12.6 Å². The number of carboxylic acid groups (broad SMARTS) is 1. The molecule has 0 spiro atoms. The van der Waals surface area contributed by atoms with Gasteiger partial charge in [-0.3, -0.25) is 9.69 Å². The summed E-state index contributed by atoms with van der Waals surface area (Å²) in [5.41, 5.74) is 0. The summed E-state index contributed by atoms with van der Waals surface area (Å²) in [6.07, 6.45) is 7.92. The number of carboxylic acids is 1. The molecule has 2 unspecified atom stereocenters. The third-order valence-corrected chi connectivity index (χ3v) is 4.38. The molecular formula is C13H23NO3. The van der Waals surface area contributed by atoms with Gasteiger partial charge in [0, 0.05) is 18.6 Å². The van der Waals surface area contributed by atoms with E-state index >= 15 is 0 Å². The average Bonchev–Trinajstić information content (AvgIpc) is 2.27. The Balaban J connectivity index is 1.98. The smallest absolute Gasteiger partial charge is 0.308 e. The van der Waals surface area contributed by atoms with Gasteiger partial charge in [0.1, 0.15) is 0 Å². The Labute approximate surface area is 103 Å². The van der Waals surface area contributed by atoms with Gasteiger partial charge in [-0.15, -0.1) is 0 Å². The molecule has 0 saturated heterocycles. The maximum Gasteiger partial charge on any atom is 0.308 e. The largest absolute Gasteiger partial charge is 0.481 e. The summed E-state index contributed by atoms with van der Waals surface area (Å²) in [7, 11) is 0. The molecule has 0 amide bonds. The first-order chi connectivity index (χ1) is 8.24. The van der Waals surface area contributed by atoms with Crippen molar-refractivity contribution in [2.24, 2.45) is 5.92 Å². The van der Waals surface area contributed by atoms with Crippen LogP contribution in [0.1, 0.15) is 44.9 Å². The third kappa shape index (κ3) is 2.80. The summed E-state index contributed by atoms with van der Waals surface area (Å²) in [4.78, 5) is 13.4. The van der Waals surface area contributed by atoms with E-state index in [1.807, 2.05) is 0 Å². The van der Waals surface area contributed by atoms with Gasteiger partial charge >= 0.3 is 5.97 Å². The van der Waals surface area contributed by atoms with Crippen LogP contribution in [0.2, 0.25) is 0 Å². The van der Waals surface area contributed by atoms with Gasteiger partial charge < -0.3 is 10.2 Å². The van der Waals surface area contributed by atoms with Gasteiger partial charge in [-0.2, -0.15) is 0 Å². The predicted molar refractivity (Wildman–Crippen MR) is 64.8 cm³/mol. The fraction of sp³-hybridized carbons (Fsp3) is 0.923. The van der Waals surface area contributed by atoms with Gasteiger partial charge in [0.2, 0.25) is 0 Å². The van der Waals surface area contributed by atoms with Crippen LogP contribution in [-0.4, -0.2) is 46.3 Å². The molecule has 0 aromatic heterocycles. The molecule has 2 fully saturated rings. The van der Waals surface area contributed by atoms with Crippen LogP contribution in [0.15, 0.2) is 0 Å². The number of carbonyl (C=O) groups is 1. The van der Waals surface area contributed by atoms with Crippen LogP contribution in [0.25, 0.3) is 0 Å². The first-order valence-corrected chi connectivity index (χ1v) is 6.83. The summed E-state index contributed by atoms with van der Waals surface area (Å²) in [5.74, 6) is -0.872. The van der Waals surface area contributed by atoms with E-state index in [0.717, 1.165) is 12.8 Å². The Morgan fingerprint density at radius 3 is 2.29 bits per heavy atom. The summed E-state index contributed by atoms with van der Waals surface area (Å²) in [6.45, 7) is 0.776. The van der Waals surface area contributed by atoms with Gasteiger partial charge in [-0.1, -0.05) is 19.3 Å². The minimum Gasteiger partial charge on any atom is -0.481 e. The second-order valence-electron chi connectivity index (χ2n) is 5.34. The number of nitrogens with zero attached hydrogens (tertiary/aromatic N) is 1. The van der Waals surface area contributed by atoms with Crippen molar-refractivity contribution in [3.63, 3.8) is 0 Å². The standard InChI is InChI=1S/C13H23NO3/c15-9-8-14(10-4-2-1-3-5-10)12-7-6-11(12)13(16)17/h10-12,15H,1-9H2,(H,16,17). The fourth-order valence-corrected chi connectivity index (χ4v) is 3.31. The number of hydrogen-bond donors (Lipinski definition) is 2. The van der Waals surface area contributed by atoms with Crippen LogP contribution in [0.3, 0.4) is 0 Å². The van der Waals surface area contributed by atoms with E-state index in [1.54, 1.807) is 0 Å². The van der Waals surface area contributed by atoms with Crippen LogP contribution in [0, 0.1) is 5.92 Å². The molecule has 0 aromatic rings. The highest BCUT2D eigenvalue weighted by Crippen LogP contribution is 2.36. The highest BCUT2D eigenvalue weighted by molar-refractivity contribution is 5.72. The van der Waals surface area contributed by atoms with Crippen LogP contribution in [-0.2, 0) is 4.79 Å². The predicted octanol–water partition coefficient (Wildman–Crippen LogP) is 1.48. The van der Waals surface area contributed by atoms with Gasteiger partial charge in [0.25, 0.3) is 0 Å². The molecule has 0 bridgehead atoms. The first kappa shape index (κ1) is 12.8. The Morgan fingerprint density at radius 1 is 1.12 bits per heavy atom. The van der Waals surface area contributed by atoms with Crippen LogP contribution in [0.4, 0.5) is 0 Å². The SMILES string of the molecule is O=C(O)C1CCC1N(CCO)C1CCCCC1. The Kier molecular flexibility index (Phi) is 4.40. The molecule has 98 valence electrons. The van der Waals surface area contributed by atoms with Crippen molar-refractivity contribution < 1.29 is 15.0 Å². The van der Waals surface area contributed by atoms with Crippen LogP contribution in [0.5, 0.6) is 0 Å². The van der Waals surface area contributed by atoms with Gasteiger partial charge in [-0.05, 0) is 25.7 Å². The molecule has 17 heavy (non-hydrogen) atoms. The molecule has 0 heterocycles. The van der Waals surface area contributed by atoms with E-state index in [4.69, 9.17) is 5.11 Å². The first-order valence-electron chi connectivity index (χ1n) is 6.83. The van der Waals surface area contributed by atoms with E-state index in [-0.39, 0.29) is 18.6 Å². The molecule has 2 N–H and O–H groups in total. The Bertz CT molecular complexity index is 263. The quantitative estimate of drug-likeness (QED) is 0.765. The Morgan fingerprint density at radius 2 is 1.82 bits per heavy atom. The summed E-state index contributed by atoms with van der Waals surface area (Å²) >= 11 is 0. The van der Waals surface area contributed by atoms with Gasteiger partial charge in [-0.25, -0.2) is 0 Å². The maximum atomic E-state index is 11.1. The van der Waals surface area contributed by atoms with E-state index in [9.17, 15) is 9.90 Å². The van der Waals surface area contributed by atoms with Gasteiger partial charge in [0.15, 0.2) is 0 Å². The highest BCUT2D eigenvalue weighted by atomic mass is 16.4. The molecule has 0 aromatic carbocycles. The third-order valence-electron chi connectivity index (χ3n) is 4.38. The normalized spacial score (nSPS) is 30.2. The van der Waals surface area contributed by atoms with Crippen LogP contribution >= 0.6 is 0 Å². The van der Waals surface area contributed by atoms with Crippen molar-refractivity contribution in [1.29, 1.82) is 0 Å². The molecule has 4 heteroatoms. The molecule has 2 atom stereocenters. The zero-order valence-electron chi connectivity index (χ0n) is 10.3. The minimum atomic E-state index is -0.667. The fourth-order valence-electron chi connectivity index (χ4n) is 3.31. The highest BCUT2D eigenvalue weighted by Gasteiger charge is 2.42. The second kappa shape index (κ2) is 5.83. The van der Waals surface area contributed by atoms with Crippen molar-refractivity contribution >= 4 is 5.97 Å². The van der Waals surface area contributed by atoms with E-state index in [1.165, 1.54) is 32.1 Å². The number of aliphatic hydroxyl groups excluding tert-OH is 1. The number of hydrogen-bond acceptors (Lipinski definition) is 3. The lowest BCUT2D eigenvalue weighted by molar-refractivity contribution is -0.150. The summed E-state index contributed by atoms with van der Waals surface area (Å²) in [5, 5.41) is 18.3. The number of aliphatic hydroxyl groups is 1. The zero-order valence-corrected chi connectivity index (χ0v) is 10.3. The summed E-state index contributed by atoms with van der Waals surface area (Å²) in [6, 6.07) is 0.672. The lowest BCUT2D eigenvalue weighted by atomic mass is 9.77. The number of rotatable bonds is 5. The van der Waals surface area contributed by atoms with Crippen molar-refractivity contribution in [1.82, 2.24) is 4.90 Å². The molecular weight excluding hydrogens is 218 g/mol. The molecule has 2 rings (SSSR count). The lowest BCUT2D eigenvalue weighted by Crippen LogP contribution is -2.55. The van der Waals surface area contributed by atoms with Crippen molar-refractivity contribution in [3.05, 3.63) is 0 Å². The van der Waals surface area contributed by atoms with E-state index < -0.39 is 5.97 Å². The molecule has 2 saturated carbocycles. The molecule has 4 nitrogen and oxygen atoms in total. The number of aliphatic carboxylic acids is 1. The van der Waals surface area contributed by atoms with Crippen molar-refractivity contribution in [3.8, 4) is 0 Å². The Hall–Kier alpha value is -0.610. The lowest BCUT2D eigenvalue weighted by Gasteiger charge is -2.47. The van der Waals surface area contributed by atoms with Crippen LogP contribution < -0.4 is 0 Å². The van der Waals surface area contributed by atoms with E-state index in [2.05, 4.69) is 4.90 Å². The molecule has 0 radical (unpaired) electrons. The van der Waals surface area contributed by atoms with Crippen molar-refractivity contribution in [2.45, 2.75) is 57.0 Å². The maximum absolute atomic E-state index is 11.1.